The van der Waals surface area contributed by atoms with E-state index in [9.17, 15) is 13.6 Å². The summed E-state index contributed by atoms with van der Waals surface area (Å²) in [6.45, 7) is 3.88. The Morgan fingerprint density at radius 3 is 2.68 bits per heavy atom. The molecule has 1 aliphatic heterocycles. The van der Waals surface area contributed by atoms with Crippen molar-refractivity contribution in [3.63, 3.8) is 0 Å². The van der Waals surface area contributed by atoms with Crippen LogP contribution in [0.15, 0.2) is 41.6 Å². The first-order chi connectivity index (χ1) is 18.1. The number of halogens is 4. The van der Waals surface area contributed by atoms with Crippen molar-refractivity contribution >= 4 is 17.2 Å². The second kappa shape index (κ2) is 9.20. The number of hydrogen-bond acceptors (Lipinski definition) is 5. The summed E-state index contributed by atoms with van der Waals surface area (Å²) in [6, 6.07) is 4.00. The molecule has 1 aromatic carbocycles. The highest BCUT2D eigenvalue weighted by Gasteiger charge is 2.46. The average Bonchev–Trinajstić information content (AvgIpc) is 3.36. The highest BCUT2D eigenvalue weighted by molar-refractivity contribution is 6.30. The number of aryl methyl sites for hydroxylation is 1. The van der Waals surface area contributed by atoms with E-state index >= 15 is 4.39 Å². The minimum atomic E-state index is -2.63. The van der Waals surface area contributed by atoms with Crippen LogP contribution in [0.3, 0.4) is 0 Å². The molecule has 0 bridgehead atoms. The van der Waals surface area contributed by atoms with Gasteiger partial charge in [-0.2, -0.15) is 5.10 Å². The van der Waals surface area contributed by atoms with Gasteiger partial charge < -0.3 is 4.74 Å². The Kier molecular flexibility index (Phi) is 6.07. The topological polar surface area (TPSA) is 74.3 Å². The number of nitrogens with zero attached hydrogens (tertiary/aromatic N) is 5. The number of fused-ring (bicyclic) bond motifs is 1. The first-order valence-electron chi connectivity index (χ1n) is 12.5. The van der Waals surface area contributed by atoms with E-state index in [1.807, 2.05) is 0 Å². The van der Waals surface area contributed by atoms with Gasteiger partial charge in [0.2, 0.25) is 0 Å². The van der Waals surface area contributed by atoms with E-state index in [2.05, 4.69) is 10.1 Å². The van der Waals surface area contributed by atoms with Crippen LogP contribution in [0, 0.1) is 19.7 Å². The Balaban J connectivity index is 1.38. The molecule has 1 saturated heterocycles. The normalized spacial score (nSPS) is 21.5. The van der Waals surface area contributed by atoms with Gasteiger partial charge in [-0.25, -0.2) is 23.1 Å². The fraction of sp³-hybridized carbons (Fsp3) is 0.407. The van der Waals surface area contributed by atoms with Crippen LogP contribution < -0.4 is 5.56 Å². The van der Waals surface area contributed by atoms with Crippen molar-refractivity contribution in [2.75, 3.05) is 6.61 Å². The molecule has 1 saturated carbocycles. The molecular formula is C27H25ClF3N5O2. The molecule has 4 aromatic rings. The average molecular weight is 544 g/mol. The summed E-state index contributed by atoms with van der Waals surface area (Å²) in [5, 5.41) is 4.55. The molecule has 7 nitrogen and oxygen atoms in total. The molecule has 2 aliphatic rings. The monoisotopic (exact) mass is 543 g/mol. The molecule has 0 amide bonds. The first kappa shape index (κ1) is 25.1. The van der Waals surface area contributed by atoms with E-state index < -0.39 is 11.7 Å². The highest BCUT2D eigenvalue weighted by atomic mass is 35.5. The highest BCUT2D eigenvalue weighted by Crippen LogP contribution is 2.46. The van der Waals surface area contributed by atoms with Crippen molar-refractivity contribution in [2.24, 2.45) is 0 Å². The number of alkyl halides is 2. The van der Waals surface area contributed by atoms with Gasteiger partial charge in [0.25, 0.3) is 11.5 Å². The van der Waals surface area contributed by atoms with Gasteiger partial charge in [-0.3, -0.25) is 13.9 Å². The maximum absolute atomic E-state index is 15.0. The van der Waals surface area contributed by atoms with Crippen LogP contribution in [0.4, 0.5) is 13.2 Å². The summed E-state index contributed by atoms with van der Waals surface area (Å²) < 4.78 is 50.7. The van der Waals surface area contributed by atoms with Gasteiger partial charge in [-0.15, -0.1) is 0 Å². The zero-order valence-electron chi connectivity index (χ0n) is 20.8. The Morgan fingerprint density at radius 1 is 1.16 bits per heavy atom. The van der Waals surface area contributed by atoms with Gasteiger partial charge in [-0.1, -0.05) is 11.6 Å². The zero-order chi connectivity index (χ0) is 26.8. The molecule has 0 N–H and O–H groups in total. The maximum Gasteiger partial charge on any atom is 0.261 e. The molecule has 198 valence electrons. The van der Waals surface area contributed by atoms with E-state index in [1.165, 1.54) is 16.5 Å². The minimum Gasteiger partial charge on any atom is -0.373 e. The SMILES string of the molecule is Cc1nc2c(-c3ccc(Cl)cc3F)nc([C@H]3CCO[C@@H](c4cnn(C5CC(F)(F)C5)c4)C3)cn2c(=O)c1C. The van der Waals surface area contributed by atoms with Gasteiger partial charge in [0.05, 0.1) is 24.0 Å². The minimum absolute atomic E-state index is 0.0999. The van der Waals surface area contributed by atoms with Crippen molar-refractivity contribution in [1.29, 1.82) is 0 Å². The van der Waals surface area contributed by atoms with Gasteiger partial charge in [0.1, 0.15) is 11.5 Å². The molecule has 11 heteroatoms. The van der Waals surface area contributed by atoms with Crippen LogP contribution in [-0.4, -0.2) is 36.7 Å². The van der Waals surface area contributed by atoms with Crippen LogP contribution in [0.25, 0.3) is 16.9 Å². The molecule has 6 rings (SSSR count). The molecule has 1 aliphatic carbocycles. The van der Waals surface area contributed by atoms with Gasteiger partial charge in [0, 0.05) is 65.2 Å². The number of ether oxygens (including phenoxy) is 1. The molecule has 0 spiro atoms. The predicted molar refractivity (Wildman–Crippen MR) is 135 cm³/mol. The van der Waals surface area contributed by atoms with E-state index in [4.69, 9.17) is 21.3 Å². The molecule has 0 radical (unpaired) electrons. The molecule has 0 unspecified atom stereocenters. The third kappa shape index (κ3) is 4.39. The quantitative estimate of drug-likeness (QED) is 0.317. The van der Waals surface area contributed by atoms with E-state index in [0.717, 1.165) is 5.56 Å². The third-order valence-corrected chi connectivity index (χ3v) is 7.86. The van der Waals surface area contributed by atoms with Crippen LogP contribution in [-0.2, 0) is 4.74 Å². The summed E-state index contributed by atoms with van der Waals surface area (Å²) in [4.78, 5) is 22.6. The molecule has 2 atom stereocenters. The Labute approximate surface area is 221 Å². The molecule has 38 heavy (non-hydrogen) atoms. The van der Waals surface area contributed by atoms with Crippen LogP contribution in [0.2, 0.25) is 5.02 Å². The maximum atomic E-state index is 15.0. The van der Waals surface area contributed by atoms with Crippen LogP contribution in [0.5, 0.6) is 0 Å². The van der Waals surface area contributed by atoms with Crippen molar-refractivity contribution in [2.45, 2.75) is 63.5 Å². The van der Waals surface area contributed by atoms with Gasteiger partial charge >= 0.3 is 0 Å². The summed E-state index contributed by atoms with van der Waals surface area (Å²) in [5.41, 5.74) is 2.96. The number of hydrogen-bond donors (Lipinski definition) is 0. The lowest BCUT2D eigenvalue weighted by molar-refractivity contribution is -0.107. The summed E-state index contributed by atoms with van der Waals surface area (Å²) >= 11 is 5.98. The fourth-order valence-corrected chi connectivity index (χ4v) is 5.41. The van der Waals surface area contributed by atoms with Gasteiger partial charge in [0.15, 0.2) is 5.65 Å². The van der Waals surface area contributed by atoms with Crippen LogP contribution in [0.1, 0.15) is 66.3 Å². The second-order valence-corrected chi connectivity index (χ2v) is 10.6. The van der Waals surface area contributed by atoms with Crippen molar-refractivity contribution in [3.8, 4) is 11.3 Å². The third-order valence-electron chi connectivity index (χ3n) is 7.62. The largest absolute Gasteiger partial charge is 0.373 e. The molecule has 4 heterocycles. The summed E-state index contributed by atoms with van der Waals surface area (Å²) in [5.74, 6) is -3.29. The van der Waals surface area contributed by atoms with Gasteiger partial charge in [-0.05, 0) is 44.9 Å². The Morgan fingerprint density at radius 2 is 1.95 bits per heavy atom. The lowest BCUT2D eigenvalue weighted by Gasteiger charge is -2.35. The van der Waals surface area contributed by atoms with E-state index in [-0.39, 0.29) is 58.4 Å². The Bertz CT molecular complexity index is 1610. The predicted octanol–water partition coefficient (Wildman–Crippen LogP) is 5.97. The number of rotatable bonds is 4. The van der Waals surface area contributed by atoms with Crippen molar-refractivity contribution in [3.05, 3.63) is 80.5 Å². The Hall–Kier alpha value is -3.24. The smallest absolute Gasteiger partial charge is 0.261 e. The number of aromatic nitrogens is 5. The zero-order valence-corrected chi connectivity index (χ0v) is 21.6. The van der Waals surface area contributed by atoms with Crippen molar-refractivity contribution in [1.82, 2.24) is 24.1 Å². The lowest BCUT2D eigenvalue weighted by atomic mass is 9.88. The van der Waals surface area contributed by atoms with Crippen LogP contribution >= 0.6 is 11.6 Å². The molecule has 3 aromatic heterocycles. The number of benzene rings is 1. The first-order valence-corrected chi connectivity index (χ1v) is 12.9. The fourth-order valence-electron chi connectivity index (χ4n) is 5.25. The standard InChI is InChI=1S/C27H25ClF3N5O2/c1-14-15(2)33-25-24(20-4-3-18(28)8-21(20)29)34-22(13-35(25)26(14)37)16-5-6-38-23(7-16)17-11-32-36(12-17)19-9-27(30,31)10-19/h3-4,8,11-13,16,19,23H,5-7,9-10H2,1-2H3/t16-,23+/m0/s1. The molecular weight excluding hydrogens is 519 g/mol. The lowest BCUT2D eigenvalue weighted by Crippen LogP contribution is -2.37. The summed E-state index contributed by atoms with van der Waals surface area (Å²) in [7, 11) is 0. The second-order valence-electron chi connectivity index (χ2n) is 10.2. The molecule has 2 fully saturated rings. The summed E-state index contributed by atoms with van der Waals surface area (Å²) in [6.07, 6.45) is 5.56. The van der Waals surface area contributed by atoms with Crippen molar-refractivity contribution < 1.29 is 17.9 Å². The van der Waals surface area contributed by atoms with E-state index in [0.29, 0.717) is 36.4 Å². The van der Waals surface area contributed by atoms with E-state index in [1.54, 1.807) is 43.2 Å².